The number of hydrogen-bond acceptors (Lipinski definition) is 3. The van der Waals surface area contributed by atoms with Gasteiger partial charge in [0, 0.05) is 12.1 Å². The normalized spacial score (nSPS) is 9.74. The smallest absolute Gasteiger partial charge is 0.282 e. The maximum absolute atomic E-state index is 4.10. The molecule has 0 aliphatic rings. The van der Waals surface area contributed by atoms with Gasteiger partial charge in [0.05, 0.1) is 18.1 Å². The standard InChI is InChI=1S/C12H12N5.C5H5.Fe/c1-2-4-9(3-1)5-10-7-13-16-12(10)6-11-8-14-17-15-11;1-2-4-5-3-1;/h1-4,7-8H,5-6H2,(H,13,16)(H,14,15,17);1-5H;/q2*-1;+2. The zero-order chi connectivity index (χ0) is 15.0. The number of hydrogen-bond donors (Lipinski definition) is 2. The van der Waals surface area contributed by atoms with Gasteiger partial charge in [0.15, 0.2) is 0 Å². The van der Waals surface area contributed by atoms with E-state index in [2.05, 4.69) is 37.7 Å². The third-order valence-corrected chi connectivity index (χ3v) is 3.31. The fraction of sp³-hybridized carbons (Fsp3) is 0.118. The van der Waals surface area contributed by atoms with Crippen molar-refractivity contribution in [2.45, 2.75) is 12.8 Å². The average molecular weight is 347 g/mol. The first-order chi connectivity index (χ1) is 10.9. The van der Waals surface area contributed by atoms with Crippen molar-refractivity contribution in [3.63, 3.8) is 0 Å². The molecule has 0 bridgehead atoms. The maximum Gasteiger partial charge on any atom is 2.00 e. The summed E-state index contributed by atoms with van der Waals surface area (Å²) >= 11 is 0. The number of nitrogens with one attached hydrogen (secondary N) is 2. The molecule has 23 heavy (non-hydrogen) atoms. The Hall–Kier alpha value is -2.43. The van der Waals surface area contributed by atoms with Crippen LogP contribution >= 0.6 is 0 Å². The van der Waals surface area contributed by atoms with E-state index in [4.69, 9.17) is 0 Å². The van der Waals surface area contributed by atoms with Gasteiger partial charge in [0.1, 0.15) is 0 Å². The summed E-state index contributed by atoms with van der Waals surface area (Å²) < 4.78 is 0. The third kappa shape index (κ3) is 5.05. The van der Waals surface area contributed by atoms with Crippen LogP contribution in [0.2, 0.25) is 0 Å². The van der Waals surface area contributed by atoms with Crippen LogP contribution in [0, 0.1) is 0 Å². The summed E-state index contributed by atoms with van der Waals surface area (Å²) in [4.78, 5) is 0. The fourth-order valence-corrected chi connectivity index (χ4v) is 2.21. The molecule has 2 N–H and O–H groups in total. The van der Waals surface area contributed by atoms with Crippen molar-refractivity contribution >= 4 is 0 Å². The first-order valence-electron chi connectivity index (χ1n) is 7.15. The Morgan fingerprint density at radius 2 is 1.78 bits per heavy atom. The van der Waals surface area contributed by atoms with Gasteiger partial charge in [-0.3, -0.25) is 5.10 Å². The Kier molecular flexibility index (Phi) is 6.54. The largest absolute Gasteiger partial charge is 2.00 e. The number of rotatable bonds is 4. The van der Waals surface area contributed by atoms with Crippen molar-refractivity contribution in [2.75, 3.05) is 0 Å². The van der Waals surface area contributed by atoms with Crippen LogP contribution in [0.25, 0.3) is 0 Å². The van der Waals surface area contributed by atoms with Crippen LogP contribution in [0.3, 0.4) is 0 Å². The molecule has 6 heteroatoms. The van der Waals surface area contributed by atoms with Gasteiger partial charge in [-0.05, 0) is 12.0 Å². The monoisotopic (exact) mass is 347 g/mol. The van der Waals surface area contributed by atoms with Gasteiger partial charge in [-0.15, -0.1) is 0 Å². The zero-order valence-electron chi connectivity index (χ0n) is 12.5. The van der Waals surface area contributed by atoms with Crippen molar-refractivity contribution in [1.29, 1.82) is 0 Å². The average Bonchev–Trinajstić information content (AvgIpc) is 3.32. The topological polar surface area (TPSA) is 70.2 Å². The van der Waals surface area contributed by atoms with Crippen LogP contribution < -0.4 is 0 Å². The molecule has 0 unspecified atom stereocenters. The molecule has 0 spiro atoms. The van der Waals surface area contributed by atoms with Gasteiger partial charge in [-0.2, -0.15) is 56.4 Å². The summed E-state index contributed by atoms with van der Waals surface area (Å²) in [5, 5.41) is 17.6. The molecule has 0 aliphatic heterocycles. The summed E-state index contributed by atoms with van der Waals surface area (Å²) in [5.74, 6) is 0. The Labute approximate surface area is 145 Å². The van der Waals surface area contributed by atoms with Gasteiger partial charge >= 0.3 is 17.1 Å². The molecule has 0 atom stereocenters. The number of nitrogens with zero attached hydrogens (tertiary/aromatic N) is 3. The minimum absolute atomic E-state index is 0. The van der Waals surface area contributed by atoms with Gasteiger partial charge in [0.2, 0.25) is 0 Å². The second-order valence-corrected chi connectivity index (χ2v) is 4.94. The molecule has 0 fully saturated rings. The van der Waals surface area contributed by atoms with E-state index in [-0.39, 0.29) is 17.1 Å². The van der Waals surface area contributed by atoms with Crippen LogP contribution in [0.5, 0.6) is 0 Å². The van der Waals surface area contributed by atoms with E-state index in [0.717, 1.165) is 24.2 Å². The minimum atomic E-state index is 0. The quantitative estimate of drug-likeness (QED) is 0.441. The molecule has 4 rings (SSSR count). The van der Waals surface area contributed by atoms with Gasteiger partial charge in [-0.25, -0.2) is 24.3 Å². The zero-order valence-corrected chi connectivity index (χ0v) is 13.6. The van der Waals surface area contributed by atoms with Crippen LogP contribution in [-0.2, 0) is 29.9 Å². The van der Waals surface area contributed by atoms with Gasteiger partial charge in [-0.1, -0.05) is 0 Å². The molecule has 0 amide bonds. The Morgan fingerprint density at radius 3 is 2.39 bits per heavy atom. The molecular weight excluding hydrogens is 330 g/mol. The van der Waals surface area contributed by atoms with Crippen LogP contribution in [0.1, 0.15) is 22.5 Å². The predicted octanol–water partition coefficient (Wildman–Crippen LogP) is 2.83. The molecular formula is C17H17FeN5. The Bertz CT molecular complexity index is 671. The molecule has 5 nitrogen and oxygen atoms in total. The van der Waals surface area contributed by atoms with Crippen molar-refractivity contribution < 1.29 is 17.1 Å². The first kappa shape index (κ1) is 16.9. The molecule has 0 saturated heterocycles. The van der Waals surface area contributed by atoms with E-state index < -0.39 is 0 Å². The molecule has 0 saturated carbocycles. The predicted molar refractivity (Wildman–Crippen MR) is 84.7 cm³/mol. The van der Waals surface area contributed by atoms with E-state index in [1.165, 1.54) is 11.1 Å². The number of aromatic nitrogens is 5. The maximum atomic E-state index is 4.10. The molecule has 0 aliphatic carbocycles. The van der Waals surface area contributed by atoms with E-state index in [9.17, 15) is 0 Å². The second kappa shape index (κ2) is 8.88. The SMILES string of the molecule is [Fe+2].c1cc[c-](Cc2cn[nH]c2Cc2cn[nH]n2)c1.c1cc[cH-]c1. The summed E-state index contributed by atoms with van der Waals surface area (Å²) in [6.45, 7) is 0. The Morgan fingerprint density at radius 1 is 1.00 bits per heavy atom. The van der Waals surface area contributed by atoms with Crippen LogP contribution in [0.15, 0.2) is 67.0 Å². The van der Waals surface area contributed by atoms with Gasteiger partial charge in [0.25, 0.3) is 0 Å². The number of H-pyrrole nitrogens is 2. The van der Waals surface area contributed by atoms with Crippen molar-refractivity contribution in [2.24, 2.45) is 0 Å². The summed E-state index contributed by atoms with van der Waals surface area (Å²) in [5.41, 5.74) is 4.52. The second-order valence-electron chi connectivity index (χ2n) is 4.94. The van der Waals surface area contributed by atoms with Crippen molar-refractivity contribution in [3.05, 3.63) is 89.5 Å². The summed E-state index contributed by atoms with van der Waals surface area (Å²) in [7, 11) is 0. The fourth-order valence-electron chi connectivity index (χ4n) is 2.21. The summed E-state index contributed by atoms with van der Waals surface area (Å²) in [6, 6.07) is 18.3. The van der Waals surface area contributed by atoms with Crippen molar-refractivity contribution in [3.8, 4) is 0 Å². The van der Waals surface area contributed by atoms with Crippen LogP contribution in [0.4, 0.5) is 0 Å². The van der Waals surface area contributed by atoms with E-state index in [0.29, 0.717) is 0 Å². The van der Waals surface area contributed by atoms with E-state index >= 15 is 0 Å². The third-order valence-electron chi connectivity index (χ3n) is 3.31. The van der Waals surface area contributed by atoms with Crippen molar-refractivity contribution in [1.82, 2.24) is 25.6 Å². The van der Waals surface area contributed by atoms with Crippen LogP contribution in [-0.4, -0.2) is 25.6 Å². The molecule has 0 radical (unpaired) electrons. The van der Waals surface area contributed by atoms with E-state index in [1.807, 2.05) is 48.7 Å². The summed E-state index contributed by atoms with van der Waals surface area (Å²) in [6.07, 6.45) is 5.23. The number of aromatic amines is 2. The molecule has 118 valence electrons. The molecule has 4 aromatic rings. The molecule has 2 heterocycles. The van der Waals surface area contributed by atoms with E-state index in [1.54, 1.807) is 6.20 Å². The molecule has 2 aromatic heterocycles. The Balaban J connectivity index is 0.000000276. The first-order valence-corrected chi connectivity index (χ1v) is 7.15. The molecule has 2 aromatic carbocycles. The van der Waals surface area contributed by atoms with Gasteiger partial charge < -0.3 is 0 Å². The minimum Gasteiger partial charge on any atom is -0.282 e.